The minimum Gasteiger partial charge on any atom is -0.488 e. The van der Waals surface area contributed by atoms with Crippen molar-refractivity contribution in [3.05, 3.63) is 53.9 Å². The lowest BCUT2D eigenvalue weighted by Crippen LogP contribution is -2.49. The molecule has 6 rings (SSSR count). The number of aromatic nitrogens is 2. The summed E-state index contributed by atoms with van der Waals surface area (Å²) in [5, 5.41) is 10.4. The highest BCUT2D eigenvalue weighted by molar-refractivity contribution is 6.47. The minimum absolute atomic E-state index is 0.193. The normalized spacial score (nSPS) is 18.6. The van der Waals surface area contributed by atoms with Crippen LogP contribution in [-0.2, 0) is 20.7 Å². The first kappa shape index (κ1) is 31.4. The molecule has 4 aromatic rings. The van der Waals surface area contributed by atoms with Crippen LogP contribution < -0.4 is 10.2 Å². The number of carbonyl (C=O) groups excluding carboxylic acids is 1. The van der Waals surface area contributed by atoms with Crippen LogP contribution in [0, 0.1) is 5.92 Å². The molecular weight excluding hydrogens is 569 g/mol. The predicted molar refractivity (Wildman–Crippen MR) is 177 cm³/mol. The molecule has 1 saturated heterocycles. The van der Waals surface area contributed by atoms with E-state index in [-0.39, 0.29) is 18.1 Å². The maximum absolute atomic E-state index is 13.2. The van der Waals surface area contributed by atoms with Crippen LogP contribution in [0.5, 0.6) is 5.75 Å². The summed E-state index contributed by atoms with van der Waals surface area (Å²) in [6.07, 6.45) is 0.400. The van der Waals surface area contributed by atoms with E-state index in [9.17, 15) is 4.79 Å². The number of hydrogen-bond acceptors (Lipinski definition) is 6. The highest BCUT2D eigenvalue weighted by Gasteiger charge is 2.41. The number of H-pyrrole nitrogens is 1. The van der Waals surface area contributed by atoms with Gasteiger partial charge < -0.3 is 29.0 Å². The van der Waals surface area contributed by atoms with Crippen molar-refractivity contribution in [1.29, 1.82) is 0 Å². The standard InChI is InChI=1S/C35H43BN3O6/c1-33(2,3)44-32(40)39-17-20(18-42-8)13-28(39)31-37-27-12-9-21-15-26-24-11-10-23(36-45-35(6,7)34(4,5)41)14-22(24)19-43-29(26)16-25(21)30(27)38-31/h9-12,14-16,20,28,41H,13,17-19H2,1-8H3,(H,37,38)/p+1/t20-,28-/m0/s1. The van der Waals surface area contributed by atoms with Gasteiger partial charge in [0.2, 0.25) is 0 Å². The second kappa shape index (κ2) is 11.3. The molecule has 0 spiro atoms. The molecule has 2 aliphatic heterocycles. The van der Waals surface area contributed by atoms with Crippen molar-refractivity contribution in [2.45, 2.75) is 84.3 Å². The first-order chi connectivity index (χ1) is 21.1. The Morgan fingerprint density at radius 1 is 1.09 bits per heavy atom. The smallest absolute Gasteiger partial charge is 0.410 e. The van der Waals surface area contributed by atoms with E-state index in [1.807, 2.05) is 54.5 Å². The zero-order valence-electron chi connectivity index (χ0n) is 27.5. The Morgan fingerprint density at radius 2 is 1.87 bits per heavy atom. The number of nitrogens with zero attached hydrogens (tertiary/aromatic N) is 2. The maximum atomic E-state index is 13.2. The molecule has 0 saturated carbocycles. The van der Waals surface area contributed by atoms with Crippen LogP contribution in [0.2, 0.25) is 0 Å². The molecule has 2 aliphatic rings. The Morgan fingerprint density at radius 3 is 2.58 bits per heavy atom. The Hall–Kier alpha value is -3.60. The quantitative estimate of drug-likeness (QED) is 0.210. The van der Waals surface area contributed by atoms with Crippen LogP contribution in [0.3, 0.4) is 0 Å². The number of ether oxygens (including phenoxy) is 3. The van der Waals surface area contributed by atoms with Crippen molar-refractivity contribution in [2.75, 3.05) is 20.3 Å². The number of methoxy groups -OCH3 is 1. The molecule has 3 N–H and O–H groups in total. The van der Waals surface area contributed by atoms with E-state index >= 15 is 0 Å². The number of rotatable bonds is 7. The fraction of sp³-hybridized carbons (Fsp3) is 0.486. The van der Waals surface area contributed by atoms with E-state index < -0.39 is 16.8 Å². The van der Waals surface area contributed by atoms with Gasteiger partial charge in [0.15, 0.2) is 5.60 Å². The summed E-state index contributed by atoms with van der Waals surface area (Å²) in [5.74, 6) is 1.75. The van der Waals surface area contributed by atoms with E-state index in [0.29, 0.717) is 19.8 Å². The molecule has 1 radical (unpaired) electrons. The second-order valence-electron chi connectivity index (χ2n) is 14.4. The first-order valence-electron chi connectivity index (χ1n) is 15.6. The third-order valence-electron chi connectivity index (χ3n) is 9.12. The third-order valence-corrected chi connectivity index (χ3v) is 9.12. The summed E-state index contributed by atoms with van der Waals surface area (Å²) in [7, 11) is 3.43. The van der Waals surface area contributed by atoms with Gasteiger partial charge in [-0.25, -0.2) is 9.78 Å². The van der Waals surface area contributed by atoms with Crippen molar-refractivity contribution < 1.29 is 28.8 Å². The maximum Gasteiger partial charge on any atom is 0.410 e. The molecule has 3 heterocycles. The summed E-state index contributed by atoms with van der Waals surface area (Å²) < 4.78 is 23.5. The molecule has 0 unspecified atom stereocenters. The van der Waals surface area contributed by atoms with Crippen LogP contribution in [-0.4, -0.2) is 70.6 Å². The SMILES string of the molecule is COC[C@H]1C[C@@H](c2nc3c(ccc4cc5c(cc43)OCc3cc([B]OC(C)(C)C(C)(C)[OH2+])ccc3-5)[nH]2)N(C(=O)OC(C)(C)C)C1. The van der Waals surface area contributed by atoms with Gasteiger partial charge in [0.25, 0.3) is 0 Å². The van der Waals surface area contributed by atoms with Crippen LogP contribution in [0.1, 0.15) is 72.3 Å². The van der Waals surface area contributed by atoms with Gasteiger partial charge in [-0.2, -0.15) is 0 Å². The summed E-state index contributed by atoms with van der Waals surface area (Å²) in [4.78, 5) is 23.6. The summed E-state index contributed by atoms with van der Waals surface area (Å²) >= 11 is 0. The van der Waals surface area contributed by atoms with Crippen molar-refractivity contribution in [1.82, 2.24) is 14.9 Å². The summed E-state index contributed by atoms with van der Waals surface area (Å²) in [6.45, 7) is 14.8. The van der Waals surface area contributed by atoms with Crippen molar-refractivity contribution in [2.24, 2.45) is 5.92 Å². The topological polar surface area (TPSA) is 109 Å². The van der Waals surface area contributed by atoms with Crippen molar-refractivity contribution in [3.8, 4) is 16.9 Å². The van der Waals surface area contributed by atoms with E-state index in [0.717, 1.165) is 62.0 Å². The monoisotopic (exact) mass is 613 g/mol. The Labute approximate surface area is 265 Å². The largest absolute Gasteiger partial charge is 0.488 e. The van der Waals surface area contributed by atoms with Gasteiger partial charge in [0.05, 0.1) is 23.7 Å². The average Bonchev–Trinajstić information content (AvgIpc) is 3.58. The number of fused-ring (bicyclic) bond motifs is 6. The highest BCUT2D eigenvalue weighted by Crippen LogP contribution is 2.42. The molecule has 237 valence electrons. The molecule has 0 bridgehead atoms. The van der Waals surface area contributed by atoms with Gasteiger partial charge in [-0.05, 0) is 75.8 Å². The van der Waals surface area contributed by atoms with Crippen LogP contribution in [0.15, 0.2) is 42.5 Å². The van der Waals surface area contributed by atoms with Gasteiger partial charge in [0.1, 0.15) is 29.4 Å². The average molecular weight is 614 g/mol. The van der Waals surface area contributed by atoms with E-state index in [4.69, 9.17) is 29.0 Å². The second-order valence-corrected chi connectivity index (χ2v) is 14.4. The lowest BCUT2D eigenvalue weighted by molar-refractivity contribution is -0.0893. The van der Waals surface area contributed by atoms with Crippen LogP contribution >= 0.6 is 0 Å². The van der Waals surface area contributed by atoms with Crippen LogP contribution in [0.25, 0.3) is 32.9 Å². The number of likely N-dealkylation sites (tertiary alicyclic amines) is 1. The van der Waals surface area contributed by atoms with Gasteiger partial charge in [-0.1, -0.05) is 29.7 Å². The number of nitrogens with one attached hydrogen (secondary N) is 1. The zero-order chi connectivity index (χ0) is 32.3. The molecule has 1 fully saturated rings. The number of carbonyl (C=O) groups is 1. The zero-order valence-corrected chi connectivity index (χ0v) is 27.5. The van der Waals surface area contributed by atoms with E-state index in [2.05, 4.69) is 41.4 Å². The van der Waals surface area contributed by atoms with Crippen LogP contribution in [0.4, 0.5) is 4.79 Å². The highest BCUT2D eigenvalue weighted by atomic mass is 16.6. The lowest BCUT2D eigenvalue weighted by atomic mass is 9.80. The Bertz CT molecular complexity index is 1750. The fourth-order valence-electron chi connectivity index (χ4n) is 5.98. The number of amides is 1. The number of benzene rings is 3. The summed E-state index contributed by atoms with van der Waals surface area (Å²) in [5.41, 5.74) is 3.96. The Balaban J connectivity index is 1.31. The molecule has 2 atom stereocenters. The lowest BCUT2D eigenvalue weighted by Gasteiger charge is -2.33. The third kappa shape index (κ3) is 6.15. The predicted octanol–water partition coefficient (Wildman–Crippen LogP) is 5.76. The molecule has 3 aromatic carbocycles. The Kier molecular flexibility index (Phi) is 7.91. The molecule has 0 aliphatic carbocycles. The van der Waals surface area contributed by atoms with Gasteiger partial charge in [0, 0.05) is 44.4 Å². The molecule has 9 nitrogen and oxygen atoms in total. The van der Waals surface area contributed by atoms with E-state index in [1.165, 1.54) is 0 Å². The molecular formula is C35H44BN3O6+. The number of aromatic amines is 1. The molecule has 1 amide bonds. The summed E-state index contributed by atoms with van der Waals surface area (Å²) in [6, 6.07) is 14.4. The van der Waals surface area contributed by atoms with Gasteiger partial charge in [-0.15, -0.1) is 0 Å². The van der Waals surface area contributed by atoms with Gasteiger partial charge >= 0.3 is 13.6 Å². The molecule has 10 heteroatoms. The number of hydrogen-bond donors (Lipinski definition) is 1. The van der Waals surface area contributed by atoms with Crippen molar-refractivity contribution >= 4 is 40.8 Å². The molecule has 45 heavy (non-hydrogen) atoms. The number of imidazole rings is 1. The molecule has 1 aromatic heterocycles. The minimum atomic E-state index is -0.748. The van der Waals surface area contributed by atoms with E-state index in [1.54, 1.807) is 19.5 Å². The first-order valence-corrected chi connectivity index (χ1v) is 15.6. The fourth-order valence-corrected chi connectivity index (χ4v) is 5.98. The van der Waals surface area contributed by atoms with Crippen molar-refractivity contribution in [3.63, 3.8) is 0 Å². The van der Waals surface area contributed by atoms with Gasteiger partial charge in [-0.3, -0.25) is 4.90 Å².